The average molecular weight is 863 g/mol. The van der Waals surface area contributed by atoms with E-state index in [2.05, 4.69) is 34.0 Å². The van der Waals surface area contributed by atoms with Gasteiger partial charge in [0.05, 0.1) is 38.2 Å². The normalized spacial score (nSPS) is 11.6. The Hall–Kier alpha value is -2.56. The van der Waals surface area contributed by atoms with Gasteiger partial charge >= 0.3 is 31.4 Å². The zero-order chi connectivity index (χ0) is 42.1. The first-order valence-corrected chi connectivity index (χ1v) is 22.2. The molecule has 0 saturated heterocycles. The molecule has 2 N–H and O–H groups in total. The molecule has 0 bridgehead atoms. The SMILES string of the molecule is CCCCCCCCCCCCCCCC(=O)N[C@@H](CCC(=O)OC)C(=O)[O-].CCCCCCCCCCCCCCCC(=O)N[C@@H](CCC(=O)OC)C(=O)[O-].[Zn+2]. The number of hydrogen-bond donors (Lipinski definition) is 2. The Morgan fingerprint density at radius 3 is 0.842 bits per heavy atom. The molecule has 12 nitrogen and oxygen atoms in total. The van der Waals surface area contributed by atoms with Crippen LogP contribution in [0.4, 0.5) is 0 Å². The van der Waals surface area contributed by atoms with Crippen molar-refractivity contribution in [3.63, 3.8) is 0 Å². The zero-order valence-corrected chi connectivity index (χ0v) is 39.5. The van der Waals surface area contributed by atoms with Crippen LogP contribution in [0.1, 0.15) is 219 Å². The van der Waals surface area contributed by atoms with Crippen molar-refractivity contribution in [2.45, 2.75) is 231 Å². The van der Waals surface area contributed by atoms with E-state index in [9.17, 15) is 39.0 Å². The first-order valence-electron chi connectivity index (χ1n) is 22.2. The second-order valence-corrected chi connectivity index (χ2v) is 15.1. The maximum Gasteiger partial charge on any atom is 2.00 e. The van der Waals surface area contributed by atoms with E-state index < -0.39 is 36.0 Å². The first kappa shape index (κ1) is 58.8. The molecule has 0 aromatic heterocycles. The number of carbonyl (C=O) groups excluding carboxylic acids is 6. The molecule has 0 fully saturated rings. The summed E-state index contributed by atoms with van der Waals surface area (Å²) in [6.07, 6.45) is 32.5. The van der Waals surface area contributed by atoms with Gasteiger partial charge < -0.3 is 39.9 Å². The van der Waals surface area contributed by atoms with Crippen molar-refractivity contribution < 1.29 is 67.9 Å². The average Bonchev–Trinajstić information content (AvgIpc) is 3.18. The number of methoxy groups -OCH3 is 2. The summed E-state index contributed by atoms with van der Waals surface area (Å²) in [6, 6.07) is -2.29. The molecule has 0 rings (SSSR count). The number of amides is 2. The molecule has 328 valence electrons. The molecule has 57 heavy (non-hydrogen) atoms. The Bertz CT molecular complexity index is 936. The van der Waals surface area contributed by atoms with Crippen LogP contribution in [-0.4, -0.2) is 62.0 Å². The summed E-state index contributed by atoms with van der Waals surface area (Å²) in [5, 5.41) is 27.0. The zero-order valence-electron chi connectivity index (χ0n) is 36.6. The van der Waals surface area contributed by atoms with Gasteiger partial charge in [-0.3, -0.25) is 19.2 Å². The van der Waals surface area contributed by atoms with E-state index in [1.165, 1.54) is 143 Å². The minimum Gasteiger partial charge on any atom is -0.548 e. The van der Waals surface area contributed by atoms with Crippen LogP contribution in [0.25, 0.3) is 0 Å². The van der Waals surface area contributed by atoms with E-state index in [0.29, 0.717) is 12.8 Å². The Morgan fingerprint density at radius 1 is 0.404 bits per heavy atom. The summed E-state index contributed by atoms with van der Waals surface area (Å²) < 4.78 is 8.95. The number of unbranched alkanes of at least 4 members (excludes halogenated alkanes) is 24. The van der Waals surface area contributed by atoms with Crippen molar-refractivity contribution in [3.8, 4) is 0 Å². The van der Waals surface area contributed by atoms with Crippen LogP contribution in [-0.2, 0) is 57.7 Å². The van der Waals surface area contributed by atoms with Gasteiger partial charge in [0.2, 0.25) is 11.8 Å². The van der Waals surface area contributed by atoms with Crippen molar-refractivity contribution in [2.75, 3.05) is 14.2 Å². The summed E-state index contributed by atoms with van der Waals surface area (Å²) >= 11 is 0. The molecule has 0 aromatic carbocycles. The molecule has 0 spiro atoms. The van der Waals surface area contributed by atoms with E-state index in [1.807, 2.05) is 0 Å². The Kier molecular flexibility index (Phi) is 45.9. The van der Waals surface area contributed by atoms with Crippen LogP contribution in [0.2, 0.25) is 0 Å². The standard InChI is InChI=1S/2C22H41NO5.Zn/c2*1-3-4-5-6-7-8-9-10-11-12-13-14-15-16-20(24)23-19(22(26)27)17-18-21(25)28-2;/h2*19H,3-18H2,1-2H3,(H,23,24)(H,26,27);/q;;+2/p-2/t2*19-;/m00./s1. The maximum atomic E-state index is 11.9. The minimum atomic E-state index is -1.37. The van der Waals surface area contributed by atoms with Gasteiger partial charge in [-0.2, -0.15) is 0 Å². The second-order valence-electron chi connectivity index (χ2n) is 15.1. The third-order valence-corrected chi connectivity index (χ3v) is 9.98. The van der Waals surface area contributed by atoms with Crippen LogP contribution < -0.4 is 20.8 Å². The fourth-order valence-electron chi connectivity index (χ4n) is 6.37. The molecule has 0 radical (unpaired) electrons. The maximum absolute atomic E-state index is 11.9. The van der Waals surface area contributed by atoms with E-state index in [4.69, 9.17) is 0 Å². The van der Waals surface area contributed by atoms with Crippen LogP contribution in [0.5, 0.6) is 0 Å². The van der Waals surface area contributed by atoms with Gasteiger partial charge in [0.15, 0.2) is 0 Å². The number of carboxylic acids is 2. The molecule has 0 saturated carbocycles. The van der Waals surface area contributed by atoms with Crippen molar-refractivity contribution in [3.05, 3.63) is 0 Å². The predicted molar refractivity (Wildman–Crippen MR) is 217 cm³/mol. The molecule has 0 heterocycles. The minimum absolute atomic E-state index is 0. The molecular formula is C44H80N2O10Zn. The van der Waals surface area contributed by atoms with Gasteiger partial charge in [0, 0.05) is 25.7 Å². The third-order valence-electron chi connectivity index (χ3n) is 9.98. The number of carboxylic acid groups (broad SMARTS) is 2. The number of aliphatic carboxylic acids is 2. The number of carbonyl (C=O) groups is 6. The summed E-state index contributed by atoms with van der Waals surface area (Å²) in [5.41, 5.74) is 0. The molecule has 0 aliphatic rings. The topological polar surface area (TPSA) is 191 Å². The predicted octanol–water partition coefficient (Wildman–Crippen LogP) is 7.31. The Balaban J connectivity index is -0.00000101. The second kappa shape index (κ2) is 44.5. The molecule has 2 atom stereocenters. The van der Waals surface area contributed by atoms with E-state index in [1.54, 1.807) is 0 Å². The number of nitrogens with one attached hydrogen (secondary N) is 2. The van der Waals surface area contributed by atoms with E-state index in [0.717, 1.165) is 38.5 Å². The van der Waals surface area contributed by atoms with Crippen LogP contribution >= 0.6 is 0 Å². The summed E-state index contributed by atoms with van der Waals surface area (Å²) in [7, 11) is 2.48. The summed E-state index contributed by atoms with van der Waals surface area (Å²) in [5.74, 6) is -4.36. The number of hydrogen-bond acceptors (Lipinski definition) is 10. The Morgan fingerprint density at radius 2 is 0.632 bits per heavy atom. The van der Waals surface area contributed by atoms with Gasteiger partial charge in [-0.15, -0.1) is 0 Å². The largest absolute Gasteiger partial charge is 2.00 e. The molecule has 13 heteroatoms. The molecule has 0 aromatic rings. The van der Waals surface area contributed by atoms with Crippen LogP contribution in [0.15, 0.2) is 0 Å². The van der Waals surface area contributed by atoms with Gasteiger partial charge in [-0.1, -0.05) is 168 Å². The molecule has 0 unspecified atom stereocenters. The summed E-state index contributed by atoms with van der Waals surface area (Å²) in [4.78, 5) is 68.0. The molecule has 0 aliphatic carbocycles. The van der Waals surface area contributed by atoms with E-state index >= 15 is 0 Å². The van der Waals surface area contributed by atoms with Gasteiger partial charge in [-0.25, -0.2) is 0 Å². The van der Waals surface area contributed by atoms with Gasteiger partial charge in [0.1, 0.15) is 0 Å². The summed E-state index contributed by atoms with van der Waals surface area (Å²) in [6.45, 7) is 4.48. The van der Waals surface area contributed by atoms with Crippen molar-refractivity contribution in [2.24, 2.45) is 0 Å². The fourth-order valence-corrected chi connectivity index (χ4v) is 6.37. The fraction of sp³-hybridized carbons (Fsp3) is 0.864. The van der Waals surface area contributed by atoms with Gasteiger partial charge in [-0.05, 0) is 25.7 Å². The van der Waals surface area contributed by atoms with Crippen molar-refractivity contribution in [1.29, 1.82) is 0 Å². The van der Waals surface area contributed by atoms with Crippen molar-refractivity contribution in [1.82, 2.24) is 10.6 Å². The van der Waals surface area contributed by atoms with Crippen LogP contribution in [0.3, 0.4) is 0 Å². The van der Waals surface area contributed by atoms with Crippen LogP contribution in [0, 0.1) is 0 Å². The quantitative estimate of drug-likeness (QED) is 0.0362. The van der Waals surface area contributed by atoms with Gasteiger partial charge in [0.25, 0.3) is 0 Å². The van der Waals surface area contributed by atoms with E-state index in [-0.39, 0.29) is 57.0 Å². The molecule has 0 aliphatic heterocycles. The molecular weight excluding hydrogens is 782 g/mol. The Labute approximate surface area is 358 Å². The number of esters is 2. The molecule has 2 amide bonds. The number of ether oxygens (including phenoxy) is 2. The number of rotatable bonds is 38. The smallest absolute Gasteiger partial charge is 0.548 e. The first-order chi connectivity index (χ1) is 27.0. The monoisotopic (exact) mass is 861 g/mol. The van der Waals surface area contributed by atoms with Crippen molar-refractivity contribution >= 4 is 35.7 Å². The third kappa shape index (κ3) is 42.9.